The van der Waals surface area contributed by atoms with Crippen molar-refractivity contribution in [2.24, 2.45) is 5.73 Å². The van der Waals surface area contributed by atoms with E-state index >= 15 is 0 Å². The molecule has 3 N–H and O–H groups in total. The molecule has 0 heterocycles. The monoisotopic (exact) mass is 382 g/mol. The number of nitrogens with one attached hydrogen (secondary N) is 1. The highest BCUT2D eigenvalue weighted by Crippen LogP contribution is 2.22. The van der Waals surface area contributed by atoms with Gasteiger partial charge in [0, 0.05) is 22.1 Å². The molecule has 1 amide bonds. The Kier molecular flexibility index (Phi) is 5.84. The maximum absolute atomic E-state index is 12.4. The Labute approximate surface area is 145 Å². The van der Waals surface area contributed by atoms with Crippen LogP contribution < -0.4 is 11.1 Å². The van der Waals surface area contributed by atoms with Crippen molar-refractivity contribution in [2.75, 3.05) is 0 Å². The standard InChI is InChI=1S/C17H19BrN2O.ClH/c18-14-4-3-11-9-13(2-1-12(11)10-14)17(21)20-16-7-5-15(19)6-8-16;/h1-4,9-10,15-16H,5-8,19H2,(H,20,21);1H. The molecule has 3 nitrogen and oxygen atoms in total. The summed E-state index contributed by atoms with van der Waals surface area (Å²) >= 11 is 3.46. The fraction of sp³-hybridized carbons (Fsp3) is 0.353. The van der Waals surface area contributed by atoms with Crippen LogP contribution in [0.1, 0.15) is 36.0 Å². The molecule has 118 valence electrons. The molecule has 0 unspecified atom stereocenters. The number of halogens is 2. The lowest BCUT2D eigenvalue weighted by Gasteiger charge is -2.26. The molecule has 22 heavy (non-hydrogen) atoms. The third kappa shape index (κ3) is 4.00. The minimum atomic E-state index is 0. The molecule has 0 radical (unpaired) electrons. The van der Waals surface area contributed by atoms with E-state index in [0.717, 1.165) is 46.5 Å². The molecular formula is C17H20BrClN2O. The Morgan fingerprint density at radius 3 is 2.41 bits per heavy atom. The van der Waals surface area contributed by atoms with Gasteiger partial charge in [0.15, 0.2) is 0 Å². The number of rotatable bonds is 2. The number of benzene rings is 2. The van der Waals surface area contributed by atoms with Crippen molar-refractivity contribution in [1.82, 2.24) is 5.32 Å². The third-order valence-electron chi connectivity index (χ3n) is 4.17. The van der Waals surface area contributed by atoms with E-state index in [1.807, 2.05) is 30.3 Å². The highest BCUT2D eigenvalue weighted by Gasteiger charge is 2.20. The summed E-state index contributed by atoms with van der Waals surface area (Å²) in [6.07, 6.45) is 3.95. The smallest absolute Gasteiger partial charge is 0.251 e. The first-order valence-electron chi connectivity index (χ1n) is 7.37. The molecule has 1 aliphatic rings. The number of hydrogen-bond donors (Lipinski definition) is 2. The Morgan fingerprint density at radius 2 is 1.68 bits per heavy atom. The number of carbonyl (C=O) groups is 1. The highest BCUT2D eigenvalue weighted by molar-refractivity contribution is 9.10. The first-order chi connectivity index (χ1) is 10.1. The van der Waals surface area contributed by atoms with E-state index in [9.17, 15) is 4.79 Å². The number of fused-ring (bicyclic) bond motifs is 1. The Morgan fingerprint density at radius 1 is 1.05 bits per heavy atom. The molecule has 1 fully saturated rings. The van der Waals surface area contributed by atoms with E-state index in [1.165, 1.54) is 0 Å². The molecule has 3 rings (SSSR count). The first-order valence-corrected chi connectivity index (χ1v) is 8.17. The fourth-order valence-corrected chi connectivity index (χ4v) is 3.27. The van der Waals surface area contributed by atoms with Gasteiger partial charge in [-0.2, -0.15) is 0 Å². The molecular weight excluding hydrogens is 364 g/mol. The van der Waals surface area contributed by atoms with Gasteiger partial charge in [0.1, 0.15) is 0 Å². The van der Waals surface area contributed by atoms with Gasteiger partial charge in [-0.15, -0.1) is 12.4 Å². The van der Waals surface area contributed by atoms with Gasteiger partial charge in [-0.25, -0.2) is 0 Å². The van der Waals surface area contributed by atoms with Crippen LogP contribution in [0.5, 0.6) is 0 Å². The van der Waals surface area contributed by atoms with Crippen LogP contribution in [0, 0.1) is 0 Å². The van der Waals surface area contributed by atoms with Gasteiger partial charge in [0.2, 0.25) is 0 Å². The SMILES string of the molecule is Cl.NC1CCC(NC(=O)c2ccc3cc(Br)ccc3c2)CC1. The molecule has 0 spiro atoms. The van der Waals surface area contributed by atoms with Crippen molar-refractivity contribution in [3.63, 3.8) is 0 Å². The molecule has 1 saturated carbocycles. The summed E-state index contributed by atoms with van der Waals surface area (Å²) in [5.74, 6) is 0.0142. The van der Waals surface area contributed by atoms with Crippen molar-refractivity contribution in [1.29, 1.82) is 0 Å². The van der Waals surface area contributed by atoms with E-state index in [2.05, 4.69) is 27.3 Å². The third-order valence-corrected chi connectivity index (χ3v) is 4.66. The van der Waals surface area contributed by atoms with Gasteiger partial charge in [0.05, 0.1) is 0 Å². The van der Waals surface area contributed by atoms with E-state index in [1.54, 1.807) is 0 Å². The molecule has 0 saturated heterocycles. The minimum absolute atomic E-state index is 0. The molecule has 2 aromatic carbocycles. The van der Waals surface area contributed by atoms with Gasteiger partial charge < -0.3 is 11.1 Å². The van der Waals surface area contributed by atoms with Crippen LogP contribution in [-0.2, 0) is 0 Å². The maximum atomic E-state index is 12.4. The van der Waals surface area contributed by atoms with E-state index in [-0.39, 0.29) is 24.4 Å². The van der Waals surface area contributed by atoms with Gasteiger partial charge in [-0.05, 0) is 60.7 Å². The number of amides is 1. The van der Waals surface area contributed by atoms with E-state index < -0.39 is 0 Å². The summed E-state index contributed by atoms with van der Waals surface area (Å²) < 4.78 is 1.05. The van der Waals surface area contributed by atoms with Crippen molar-refractivity contribution in [3.05, 3.63) is 46.4 Å². The number of carbonyl (C=O) groups excluding carboxylic acids is 1. The first kappa shape index (κ1) is 17.3. The molecule has 0 aliphatic heterocycles. The van der Waals surface area contributed by atoms with Crippen molar-refractivity contribution < 1.29 is 4.79 Å². The Bertz CT molecular complexity index is 669. The van der Waals surface area contributed by atoms with E-state index in [4.69, 9.17) is 5.73 Å². The average Bonchev–Trinajstić information content (AvgIpc) is 2.49. The maximum Gasteiger partial charge on any atom is 0.251 e. The van der Waals surface area contributed by atoms with E-state index in [0.29, 0.717) is 6.04 Å². The molecule has 0 bridgehead atoms. The second kappa shape index (κ2) is 7.44. The average molecular weight is 384 g/mol. The van der Waals surface area contributed by atoms with Gasteiger partial charge >= 0.3 is 0 Å². The lowest BCUT2D eigenvalue weighted by molar-refractivity contribution is 0.0926. The zero-order valence-corrected chi connectivity index (χ0v) is 14.6. The Hall–Kier alpha value is -1.10. The molecule has 1 aliphatic carbocycles. The van der Waals surface area contributed by atoms with Crippen LogP contribution >= 0.6 is 28.3 Å². The van der Waals surface area contributed by atoms with Gasteiger partial charge in [-0.1, -0.05) is 28.1 Å². The predicted molar refractivity (Wildman–Crippen MR) is 96.6 cm³/mol. The van der Waals surface area contributed by atoms with Crippen LogP contribution in [0.25, 0.3) is 10.8 Å². The summed E-state index contributed by atoms with van der Waals surface area (Å²) in [5.41, 5.74) is 6.62. The van der Waals surface area contributed by atoms with Crippen LogP contribution in [-0.4, -0.2) is 18.0 Å². The van der Waals surface area contributed by atoms with Crippen LogP contribution in [0.3, 0.4) is 0 Å². The van der Waals surface area contributed by atoms with Gasteiger partial charge in [-0.3, -0.25) is 4.79 Å². The van der Waals surface area contributed by atoms with Crippen LogP contribution in [0.4, 0.5) is 0 Å². The fourth-order valence-electron chi connectivity index (χ4n) is 2.89. The topological polar surface area (TPSA) is 55.1 Å². The van der Waals surface area contributed by atoms with Gasteiger partial charge in [0.25, 0.3) is 5.91 Å². The summed E-state index contributed by atoms with van der Waals surface area (Å²) in [6.45, 7) is 0. The second-order valence-corrected chi connectivity index (χ2v) is 6.71. The molecule has 5 heteroatoms. The van der Waals surface area contributed by atoms with Crippen molar-refractivity contribution in [2.45, 2.75) is 37.8 Å². The summed E-state index contributed by atoms with van der Waals surface area (Å²) in [5, 5.41) is 5.34. The van der Waals surface area contributed by atoms with Crippen LogP contribution in [0.15, 0.2) is 40.9 Å². The predicted octanol–water partition coefficient (Wildman–Crippen LogP) is 4.02. The molecule has 2 aromatic rings. The summed E-state index contributed by atoms with van der Waals surface area (Å²) in [4.78, 5) is 12.4. The lowest BCUT2D eigenvalue weighted by atomic mass is 9.91. The zero-order valence-electron chi connectivity index (χ0n) is 12.2. The molecule has 0 atom stereocenters. The lowest BCUT2D eigenvalue weighted by Crippen LogP contribution is -2.40. The highest BCUT2D eigenvalue weighted by atomic mass is 79.9. The number of hydrogen-bond acceptors (Lipinski definition) is 2. The Balaban J connectivity index is 0.00000176. The normalized spacial score (nSPS) is 21.2. The second-order valence-electron chi connectivity index (χ2n) is 5.79. The summed E-state index contributed by atoms with van der Waals surface area (Å²) in [6, 6.07) is 12.5. The van der Waals surface area contributed by atoms with Crippen molar-refractivity contribution >= 4 is 45.0 Å². The number of nitrogens with two attached hydrogens (primary N) is 1. The molecule has 0 aromatic heterocycles. The van der Waals surface area contributed by atoms with Crippen LogP contribution in [0.2, 0.25) is 0 Å². The minimum Gasteiger partial charge on any atom is -0.349 e. The largest absolute Gasteiger partial charge is 0.349 e. The van der Waals surface area contributed by atoms with Crippen molar-refractivity contribution in [3.8, 4) is 0 Å². The zero-order chi connectivity index (χ0) is 14.8. The summed E-state index contributed by atoms with van der Waals surface area (Å²) in [7, 11) is 0. The quantitative estimate of drug-likeness (QED) is 0.823.